The lowest BCUT2D eigenvalue weighted by Crippen LogP contribution is -2.37. The molecule has 4 heteroatoms. The molecule has 0 aliphatic heterocycles. The SMILES string of the molecule is C=CC(=O)NCC(C)(O)c1ccc(C)o1. The van der Waals surface area contributed by atoms with Gasteiger partial charge in [-0.05, 0) is 32.1 Å². The molecular formula is C11H15NO3. The smallest absolute Gasteiger partial charge is 0.243 e. The van der Waals surface area contributed by atoms with Gasteiger partial charge in [0.1, 0.15) is 17.1 Å². The van der Waals surface area contributed by atoms with Gasteiger partial charge in [0.25, 0.3) is 0 Å². The second-order valence-corrected chi connectivity index (χ2v) is 3.61. The summed E-state index contributed by atoms with van der Waals surface area (Å²) in [6, 6.07) is 3.45. The first-order chi connectivity index (χ1) is 6.95. The van der Waals surface area contributed by atoms with Crippen LogP contribution in [0.2, 0.25) is 0 Å². The monoisotopic (exact) mass is 209 g/mol. The highest BCUT2D eigenvalue weighted by Crippen LogP contribution is 2.21. The summed E-state index contributed by atoms with van der Waals surface area (Å²) in [7, 11) is 0. The minimum Gasteiger partial charge on any atom is -0.463 e. The molecule has 1 aromatic heterocycles. The van der Waals surface area contributed by atoms with E-state index in [0.717, 1.165) is 11.8 Å². The van der Waals surface area contributed by atoms with E-state index in [1.54, 1.807) is 26.0 Å². The number of nitrogens with one attached hydrogen (secondary N) is 1. The Morgan fingerprint density at radius 2 is 2.40 bits per heavy atom. The van der Waals surface area contributed by atoms with E-state index >= 15 is 0 Å². The summed E-state index contributed by atoms with van der Waals surface area (Å²) in [6.45, 7) is 6.78. The second kappa shape index (κ2) is 4.31. The van der Waals surface area contributed by atoms with Crippen molar-refractivity contribution in [2.24, 2.45) is 0 Å². The molecule has 0 aromatic carbocycles. The highest BCUT2D eigenvalue weighted by atomic mass is 16.4. The molecule has 0 aliphatic rings. The second-order valence-electron chi connectivity index (χ2n) is 3.61. The fourth-order valence-corrected chi connectivity index (χ4v) is 1.14. The molecule has 0 fully saturated rings. The van der Waals surface area contributed by atoms with Gasteiger partial charge in [0.05, 0.1) is 6.54 Å². The van der Waals surface area contributed by atoms with Crippen LogP contribution in [0.1, 0.15) is 18.4 Å². The minimum atomic E-state index is -1.20. The third-order valence-electron chi connectivity index (χ3n) is 2.06. The summed E-state index contributed by atoms with van der Waals surface area (Å²) in [6.07, 6.45) is 1.16. The Hall–Kier alpha value is -1.55. The van der Waals surface area contributed by atoms with E-state index in [1.807, 2.05) is 0 Å². The standard InChI is InChI=1S/C11H15NO3/c1-4-10(13)12-7-11(3,14)9-6-5-8(2)15-9/h4-6,14H,1,7H2,2-3H3,(H,12,13). The molecule has 0 spiro atoms. The van der Waals surface area contributed by atoms with E-state index < -0.39 is 5.60 Å². The summed E-state index contributed by atoms with van der Waals surface area (Å²) < 4.78 is 5.29. The molecule has 1 aromatic rings. The first kappa shape index (κ1) is 11.5. The molecule has 0 saturated carbocycles. The topological polar surface area (TPSA) is 62.5 Å². The van der Waals surface area contributed by atoms with Crippen LogP contribution >= 0.6 is 0 Å². The van der Waals surface area contributed by atoms with Gasteiger partial charge in [-0.3, -0.25) is 4.79 Å². The third kappa shape index (κ3) is 2.95. The summed E-state index contributed by atoms with van der Waals surface area (Å²) >= 11 is 0. The summed E-state index contributed by atoms with van der Waals surface area (Å²) in [5.41, 5.74) is -1.20. The fourth-order valence-electron chi connectivity index (χ4n) is 1.14. The van der Waals surface area contributed by atoms with E-state index in [4.69, 9.17) is 4.42 Å². The van der Waals surface area contributed by atoms with E-state index in [2.05, 4.69) is 11.9 Å². The number of hydrogen-bond donors (Lipinski definition) is 2. The lowest BCUT2D eigenvalue weighted by atomic mass is 10.0. The molecule has 0 bridgehead atoms. The number of furan rings is 1. The summed E-state index contributed by atoms with van der Waals surface area (Å²) in [5, 5.41) is 12.5. The van der Waals surface area contributed by atoms with Gasteiger partial charge in [-0.25, -0.2) is 0 Å². The molecule has 15 heavy (non-hydrogen) atoms. The van der Waals surface area contributed by atoms with E-state index in [0.29, 0.717) is 5.76 Å². The van der Waals surface area contributed by atoms with Gasteiger partial charge in [-0.2, -0.15) is 0 Å². The van der Waals surface area contributed by atoms with Crippen molar-refractivity contribution in [3.63, 3.8) is 0 Å². The highest BCUT2D eigenvalue weighted by Gasteiger charge is 2.26. The maximum atomic E-state index is 10.9. The third-order valence-corrected chi connectivity index (χ3v) is 2.06. The molecule has 2 N–H and O–H groups in total. The Morgan fingerprint density at radius 1 is 1.73 bits per heavy atom. The predicted octanol–water partition coefficient (Wildman–Crippen LogP) is 1.10. The van der Waals surface area contributed by atoms with Gasteiger partial charge in [0.2, 0.25) is 5.91 Å². The van der Waals surface area contributed by atoms with Crippen molar-refractivity contribution >= 4 is 5.91 Å². The van der Waals surface area contributed by atoms with Gasteiger partial charge in [0, 0.05) is 0 Å². The van der Waals surface area contributed by atoms with Crippen molar-refractivity contribution in [2.75, 3.05) is 6.54 Å². The number of rotatable bonds is 4. The van der Waals surface area contributed by atoms with Crippen LogP contribution in [0.15, 0.2) is 29.2 Å². The normalized spacial score (nSPS) is 14.3. The predicted molar refractivity (Wildman–Crippen MR) is 56.2 cm³/mol. The van der Waals surface area contributed by atoms with Gasteiger partial charge in [0.15, 0.2) is 0 Å². The van der Waals surface area contributed by atoms with Gasteiger partial charge < -0.3 is 14.8 Å². The van der Waals surface area contributed by atoms with Crippen molar-refractivity contribution in [1.29, 1.82) is 0 Å². The zero-order valence-corrected chi connectivity index (χ0v) is 8.91. The van der Waals surface area contributed by atoms with Crippen LogP contribution in [-0.4, -0.2) is 17.6 Å². The van der Waals surface area contributed by atoms with Crippen molar-refractivity contribution in [2.45, 2.75) is 19.4 Å². The van der Waals surface area contributed by atoms with Gasteiger partial charge >= 0.3 is 0 Å². The molecule has 1 unspecified atom stereocenters. The largest absolute Gasteiger partial charge is 0.463 e. The maximum Gasteiger partial charge on any atom is 0.243 e. The first-order valence-electron chi connectivity index (χ1n) is 4.65. The van der Waals surface area contributed by atoms with Crippen LogP contribution in [0.4, 0.5) is 0 Å². The lowest BCUT2D eigenvalue weighted by molar-refractivity contribution is -0.117. The lowest BCUT2D eigenvalue weighted by Gasteiger charge is -2.20. The quantitative estimate of drug-likeness (QED) is 0.730. The molecule has 4 nitrogen and oxygen atoms in total. The average molecular weight is 209 g/mol. The fraction of sp³-hybridized carbons (Fsp3) is 0.364. The van der Waals surface area contributed by atoms with Crippen LogP contribution in [0.5, 0.6) is 0 Å². The number of aryl methyl sites for hydroxylation is 1. The van der Waals surface area contributed by atoms with Gasteiger partial charge in [-0.1, -0.05) is 6.58 Å². The van der Waals surface area contributed by atoms with Crippen LogP contribution in [0.25, 0.3) is 0 Å². The number of carbonyl (C=O) groups excluding carboxylic acids is 1. The molecule has 82 valence electrons. The van der Waals surface area contributed by atoms with Crippen LogP contribution in [0, 0.1) is 6.92 Å². The Labute approximate surface area is 88.6 Å². The summed E-state index contributed by atoms with van der Waals surface area (Å²) in [4.78, 5) is 10.9. The van der Waals surface area contributed by atoms with Crippen LogP contribution in [-0.2, 0) is 10.4 Å². The number of aliphatic hydroxyl groups is 1. The zero-order chi connectivity index (χ0) is 11.5. The van der Waals surface area contributed by atoms with Crippen molar-refractivity contribution in [1.82, 2.24) is 5.32 Å². The number of carbonyl (C=O) groups is 1. The Balaban J connectivity index is 2.66. The molecule has 1 amide bonds. The average Bonchev–Trinajstić information content (AvgIpc) is 2.62. The Bertz CT molecular complexity index is 366. The molecule has 1 atom stereocenters. The Morgan fingerprint density at radius 3 is 2.87 bits per heavy atom. The molecule has 1 heterocycles. The molecule has 0 aliphatic carbocycles. The maximum absolute atomic E-state index is 10.9. The molecular weight excluding hydrogens is 194 g/mol. The van der Waals surface area contributed by atoms with E-state index in [9.17, 15) is 9.90 Å². The molecule has 0 radical (unpaired) electrons. The highest BCUT2D eigenvalue weighted by molar-refractivity contribution is 5.86. The molecule has 0 saturated heterocycles. The summed E-state index contributed by atoms with van der Waals surface area (Å²) in [5.74, 6) is 0.836. The molecule has 1 rings (SSSR count). The van der Waals surface area contributed by atoms with Crippen LogP contribution in [0.3, 0.4) is 0 Å². The number of amides is 1. The van der Waals surface area contributed by atoms with Gasteiger partial charge in [-0.15, -0.1) is 0 Å². The van der Waals surface area contributed by atoms with Crippen molar-refractivity contribution < 1.29 is 14.3 Å². The van der Waals surface area contributed by atoms with Crippen LogP contribution < -0.4 is 5.32 Å². The Kier molecular flexibility index (Phi) is 3.31. The minimum absolute atomic E-state index is 0.0881. The van der Waals surface area contributed by atoms with E-state index in [-0.39, 0.29) is 12.5 Å². The van der Waals surface area contributed by atoms with E-state index in [1.165, 1.54) is 0 Å². The number of hydrogen-bond acceptors (Lipinski definition) is 3. The first-order valence-corrected chi connectivity index (χ1v) is 4.65. The van der Waals surface area contributed by atoms with Crippen molar-refractivity contribution in [3.8, 4) is 0 Å². The van der Waals surface area contributed by atoms with Crippen molar-refractivity contribution in [3.05, 3.63) is 36.3 Å². The zero-order valence-electron chi connectivity index (χ0n) is 8.91.